The number of nitrogens with one attached hydrogen (secondary N) is 2. The molecular formula is C16H21IN4O2. The van der Waals surface area contributed by atoms with Crippen molar-refractivity contribution in [1.82, 2.24) is 5.32 Å². The highest BCUT2D eigenvalue weighted by atomic mass is 127. The van der Waals surface area contributed by atoms with Gasteiger partial charge in [0.15, 0.2) is 5.96 Å². The van der Waals surface area contributed by atoms with Crippen molar-refractivity contribution in [3.8, 4) is 0 Å². The topological polar surface area (TPSA) is 92.6 Å². The van der Waals surface area contributed by atoms with Gasteiger partial charge in [0, 0.05) is 5.69 Å². The standard InChI is InChI=1S/C16H20N4O2.HI/c1-11-5-6-13(8-12(11)2)20-16(17)19-10-15(21)18-9-14-4-3-7-22-14;/h3-8H,9-10H2,1-2H3,(H,18,21)(H3,17,19,20);1H. The van der Waals surface area contributed by atoms with Crippen LogP contribution in [-0.2, 0) is 11.3 Å². The molecule has 6 nitrogen and oxygen atoms in total. The molecule has 1 aromatic carbocycles. The molecule has 4 N–H and O–H groups in total. The second kappa shape index (κ2) is 9.19. The molecule has 0 bridgehead atoms. The van der Waals surface area contributed by atoms with E-state index in [1.807, 2.05) is 32.0 Å². The number of anilines is 1. The molecule has 1 amide bonds. The number of nitrogens with two attached hydrogens (primary N) is 1. The lowest BCUT2D eigenvalue weighted by Gasteiger charge is -2.08. The summed E-state index contributed by atoms with van der Waals surface area (Å²) in [6, 6.07) is 9.46. The van der Waals surface area contributed by atoms with Crippen LogP contribution < -0.4 is 16.4 Å². The van der Waals surface area contributed by atoms with Crippen LogP contribution in [0.3, 0.4) is 0 Å². The summed E-state index contributed by atoms with van der Waals surface area (Å²) in [4.78, 5) is 15.7. The molecular weight excluding hydrogens is 407 g/mol. The van der Waals surface area contributed by atoms with E-state index in [9.17, 15) is 4.79 Å². The Morgan fingerprint density at radius 2 is 2.04 bits per heavy atom. The number of carbonyl (C=O) groups is 1. The molecule has 0 atom stereocenters. The van der Waals surface area contributed by atoms with Crippen molar-refractivity contribution in [2.45, 2.75) is 20.4 Å². The van der Waals surface area contributed by atoms with Gasteiger partial charge in [0.2, 0.25) is 5.91 Å². The van der Waals surface area contributed by atoms with Gasteiger partial charge in [0.05, 0.1) is 12.8 Å². The van der Waals surface area contributed by atoms with Gasteiger partial charge in [0.1, 0.15) is 12.3 Å². The lowest BCUT2D eigenvalue weighted by molar-refractivity contribution is -0.119. The second-order valence-corrected chi connectivity index (χ2v) is 4.98. The van der Waals surface area contributed by atoms with Crippen LogP contribution in [-0.4, -0.2) is 18.4 Å². The average Bonchev–Trinajstić information content (AvgIpc) is 3.00. The lowest BCUT2D eigenvalue weighted by Crippen LogP contribution is -2.28. The fourth-order valence-electron chi connectivity index (χ4n) is 1.82. The van der Waals surface area contributed by atoms with Crippen LogP contribution in [0, 0.1) is 13.8 Å². The first-order valence-corrected chi connectivity index (χ1v) is 6.98. The number of hydrogen-bond acceptors (Lipinski definition) is 3. The summed E-state index contributed by atoms with van der Waals surface area (Å²) in [6.45, 7) is 4.37. The summed E-state index contributed by atoms with van der Waals surface area (Å²) >= 11 is 0. The van der Waals surface area contributed by atoms with Gasteiger partial charge in [0.25, 0.3) is 0 Å². The lowest BCUT2D eigenvalue weighted by atomic mass is 10.1. The first kappa shape index (κ1) is 19.0. The number of halogens is 1. The van der Waals surface area contributed by atoms with Crippen LogP contribution in [0.25, 0.3) is 0 Å². The van der Waals surface area contributed by atoms with Gasteiger partial charge < -0.3 is 20.8 Å². The summed E-state index contributed by atoms with van der Waals surface area (Å²) in [5, 5.41) is 5.66. The Balaban J connectivity index is 0.00000264. The molecule has 0 saturated carbocycles. The number of rotatable bonds is 5. The maximum atomic E-state index is 11.7. The third kappa shape index (κ3) is 6.31. The van der Waals surface area contributed by atoms with Gasteiger partial charge >= 0.3 is 0 Å². The van der Waals surface area contributed by atoms with Crippen molar-refractivity contribution in [2.75, 3.05) is 11.9 Å². The normalized spacial score (nSPS) is 10.8. The Kier molecular flexibility index (Phi) is 7.60. The molecule has 7 heteroatoms. The number of benzene rings is 1. The number of hydrogen-bond donors (Lipinski definition) is 3. The van der Waals surface area contributed by atoms with Gasteiger partial charge in [-0.25, -0.2) is 4.99 Å². The molecule has 0 aliphatic heterocycles. The van der Waals surface area contributed by atoms with Gasteiger partial charge in [-0.3, -0.25) is 4.79 Å². The van der Waals surface area contributed by atoms with E-state index in [1.54, 1.807) is 18.4 Å². The van der Waals surface area contributed by atoms with E-state index >= 15 is 0 Å². The number of aliphatic imine (C=N–C) groups is 1. The van der Waals surface area contributed by atoms with Gasteiger partial charge in [-0.2, -0.15) is 0 Å². The van der Waals surface area contributed by atoms with E-state index in [2.05, 4.69) is 15.6 Å². The molecule has 0 aliphatic carbocycles. The van der Waals surface area contributed by atoms with Crippen molar-refractivity contribution in [3.05, 3.63) is 53.5 Å². The quantitative estimate of drug-likeness (QED) is 0.388. The molecule has 2 rings (SSSR count). The summed E-state index contributed by atoms with van der Waals surface area (Å²) in [5.74, 6) is 0.677. The number of nitrogens with zero attached hydrogens (tertiary/aromatic N) is 1. The molecule has 124 valence electrons. The molecule has 0 unspecified atom stereocenters. The average molecular weight is 428 g/mol. The van der Waals surface area contributed by atoms with Crippen LogP contribution in [0.1, 0.15) is 16.9 Å². The van der Waals surface area contributed by atoms with Crippen LogP contribution in [0.4, 0.5) is 5.69 Å². The highest BCUT2D eigenvalue weighted by molar-refractivity contribution is 14.0. The highest BCUT2D eigenvalue weighted by Gasteiger charge is 2.03. The SMILES string of the molecule is Cc1ccc(NC(N)=NCC(=O)NCc2ccco2)cc1C.I. The molecule has 0 radical (unpaired) electrons. The van der Waals surface area contributed by atoms with Crippen LogP contribution in [0.15, 0.2) is 46.0 Å². The Labute approximate surface area is 152 Å². The minimum atomic E-state index is -0.221. The maximum Gasteiger partial charge on any atom is 0.242 e. The first-order valence-electron chi connectivity index (χ1n) is 6.98. The summed E-state index contributed by atoms with van der Waals surface area (Å²) in [7, 11) is 0. The minimum Gasteiger partial charge on any atom is -0.467 e. The maximum absolute atomic E-state index is 11.7. The second-order valence-electron chi connectivity index (χ2n) is 4.98. The highest BCUT2D eigenvalue weighted by Crippen LogP contribution is 2.13. The zero-order chi connectivity index (χ0) is 15.9. The van der Waals surface area contributed by atoms with Crippen molar-refractivity contribution in [3.63, 3.8) is 0 Å². The van der Waals surface area contributed by atoms with Crippen molar-refractivity contribution >= 4 is 41.5 Å². The van der Waals surface area contributed by atoms with E-state index in [4.69, 9.17) is 10.2 Å². The van der Waals surface area contributed by atoms with Gasteiger partial charge in [-0.05, 0) is 49.2 Å². The Bertz CT molecular complexity index is 669. The molecule has 0 saturated heterocycles. The fourth-order valence-corrected chi connectivity index (χ4v) is 1.82. The predicted molar refractivity (Wildman–Crippen MR) is 102 cm³/mol. The number of furan rings is 1. The number of amides is 1. The summed E-state index contributed by atoms with van der Waals surface area (Å²) < 4.78 is 5.12. The molecule has 0 aliphatic rings. The Morgan fingerprint density at radius 1 is 1.26 bits per heavy atom. The van der Waals surface area contributed by atoms with Crippen LogP contribution in [0.5, 0.6) is 0 Å². The summed E-state index contributed by atoms with van der Waals surface area (Å²) in [5.41, 5.74) is 8.99. The predicted octanol–water partition coefficient (Wildman–Crippen LogP) is 2.56. The van der Waals surface area contributed by atoms with E-state index in [0.717, 1.165) is 11.3 Å². The number of aryl methyl sites for hydroxylation is 2. The number of carbonyl (C=O) groups excluding carboxylic acids is 1. The molecule has 1 heterocycles. The van der Waals surface area contributed by atoms with Crippen molar-refractivity contribution in [1.29, 1.82) is 0 Å². The molecule has 2 aromatic rings. The van der Waals surface area contributed by atoms with Crippen LogP contribution >= 0.6 is 24.0 Å². The Morgan fingerprint density at radius 3 is 2.70 bits per heavy atom. The smallest absolute Gasteiger partial charge is 0.242 e. The monoisotopic (exact) mass is 428 g/mol. The van der Waals surface area contributed by atoms with Crippen molar-refractivity contribution in [2.24, 2.45) is 10.7 Å². The molecule has 0 fully saturated rings. The molecule has 0 spiro atoms. The number of guanidine groups is 1. The van der Waals surface area contributed by atoms with Crippen LogP contribution in [0.2, 0.25) is 0 Å². The summed E-state index contributed by atoms with van der Waals surface area (Å²) in [6.07, 6.45) is 1.56. The van der Waals surface area contributed by atoms with E-state index in [0.29, 0.717) is 12.3 Å². The zero-order valence-corrected chi connectivity index (χ0v) is 15.5. The van der Waals surface area contributed by atoms with E-state index in [-0.39, 0.29) is 42.4 Å². The first-order chi connectivity index (χ1) is 10.5. The van der Waals surface area contributed by atoms with E-state index in [1.165, 1.54) is 5.56 Å². The molecule has 23 heavy (non-hydrogen) atoms. The third-order valence-corrected chi connectivity index (χ3v) is 3.21. The third-order valence-electron chi connectivity index (χ3n) is 3.21. The zero-order valence-electron chi connectivity index (χ0n) is 13.1. The largest absolute Gasteiger partial charge is 0.467 e. The minimum absolute atomic E-state index is 0. The van der Waals surface area contributed by atoms with Gasteiger partial charge in [-0.15, -0.1) is 24.0 Å². The van der Waals surface area contributed by atoms with Crippen molar-refractivity contribution < 1.29 is 9.21 Å². The van der Waals surface area contributed by atoms with Gasteiger partial charge in [-0.1, -0.05) is 6.07 Å². The molecule has 1 aromatic heterocycles. The Hall–Kier alpha value is -2.03. The van der Waals surface area contributed by atoms with E-state index < -0.39 is 0 Å². The fraction of sp³-hybridized carbons (Fsp3) is 0.250.